The van der Waals surface area contributed by atoms with E-state index >= 15 is 0 Å². The fraction of sp³-hybridized carbons (Fsp3) is 0.286. The van der Waals surface area contributed by atoms with Gasteiger partial charge in [0.25, 0.3) is 0 Å². The summed E-state index contributed by atoms with van der Waals surface area (Å²) in [5, 5.41) is 2.55. The van der Waals surface area contributed by atoms with Crippen LogP contribution < -0.4 is 9.47 Å². The molecule has 3 rings (SSSR count). The standard InChI is InChI=1S/C28H30O6/c1-4-7-11-18-31-27(29)33-25-21-15-9-10-16-22(21)26(34-28(30)32-19-12-8-5-2)24-20(6-3)14-13-17-23(24)25/h9-19H,4-8H2,1-3H3/b18-11+,19-12+. The van der Waals surface area contributed by atoms with Crippen molar-refractivity contribution >= 4 is 33.9 Å². The van der Waals surface area contributed by atoms with Gasteiger partial charge in [0, 0.05) is 21.5 Å². The van der Waals surface area contributed by atoms with Gasteiger partial charge in [-0.25, -0.2) is 9.59 Å². The van der Waals surface area contributed by atoms with Crippen molar-refractivity contribution < 1.29 is 28.5 Å². The molecule has 6 nitrogen and oxygen atoms in total. The van der Waals surface area contributed by atoms with Gasteiger partial charge in [-0.3, -0.25) is 0 Å². The Kier molecular flexibility index (Phi) is 9.09. The molecular formula is C28H30O6. The van der Waals surface area contributed by atoms with Crippen LogP contribution in [0.1, 0.15) is 52.0 Å². The van der Waals surface area contributed by atoms with Gasteiger partial charge in [-0.15, -0.1) is 0 Å². The van der Waals surface area contributed by atoms with Crippen LogP contribution in [0.4, 0.5) is 9.59 Å². The van der Waals surface area contributed by atoms with Crippen LogP contribution in [0.3, 0.4) is 0 Å². The minimum atomic E-state index is -0.838. The molecule has 0 heterocycles. The smallest absolute Gasteiger partial charge is 0.403 e. The molecule has 0 amide bonds. The lowest BCUT2D eigenvalue weighted by molar-refractivity contribution is 0.134. The van der Waals surface area contributed by atoms with E-state index in [9.17, 15) is 9.59 Å². The first-order chi connectivity index (χ1) is 16.6. The number of hydrogen-bond donors (Lipinski definition) is 0. The van der Waals surface area contributed by atoms with Gasteiger partial charge < -0.3 is 18.9 Å². The molecular weight excluding hydrogens is 432 g/mol. The Balaban J connectivity index is 2.09. The summed E-state index contributed by atoms with van der Waals surface area (Å²) in [7, 11) is 0. The zero-order valence-corrected chi connectivity index (χ0v) is 19.8. The Morgan fingerprint density at radius 2 is 1.24 bits per heavy atom. The van der Waals surface area contributed by atoms with E-state index in [1.807, 2.05) is 63.2 Å². The van der Waals surface area contributed by atoms with Crippen molar-refractivity contribution in [1.29, 1.82) is 0 Å². The molecule has 3 aromatic rings. The van der Waals surface area contributed by atoms with Crippen LogP contribution in [0.2, 0.25) is 0 Å². The summed E-state index contributed by atoms with van der Waals surface area (Å²) in [6, 6.07) is 12.9. The molecule has 0 radical (unpaired) electrons. The van der Waals surface area contributed by atoms with E-state index in [-0.39, 0.29) is 0 Å². The maximum absolute atomic E-state index is 12.5. The summed E-state index contributed by atoms with van der Waals surface area (Å²) >= 11 is 0. The zero-order chi connectivity index (χ0) is 24.3. The Bertz CT molecular complexity index is 1210. The summed E-state index contributed by atoms with van der Waals surface area (Å²) in [5.41, 5.74) is 0.939. The van der Waals surface area contributed by atoms with Crippen LogP contribution in [0.25, 0.3) is 21.5 Å². The first kappa shape index (κ1) is 24.8. The summed E-state index contributed by atoms with van der Waals surface area (Å²) in [5.74, 6) is 0.707. The van der Waals surface area contributed by atoms with Crippen molar-refractivity contribution in [2.24, 2.45) is 0 Å². The maximum atomic E-state index is 12.5. The highest BCUT2D eigenvalue weighted by Crippen LogP contribution is 2.44. The minimum absolute atomic E-state index is 0.346. The second kappa shape index (κ2) is 12.4. The number of unbranched alkanes of at least 4 members (excludes halogenated alkanes) is 2. The van der Waals surface area contributed by atoms with E-state index in [1.165, 1.54) is 12.5 Å². The van der Waals surface area contributed by atoms with Gasteiger partial charge in [0.15, 0.2) is 5.75 Å². The monoisotopic (exact) mass is 462 g/mol. The van der Waals surface area contributed by atoms with Gasteiger partial charge >= 0.3 is 12.3 Å². The summed E-state index contributed by atoms with van der Waals surface area (Å²) in [6.07, 6.45) is 8.73. The number of aryl methyl sites for hydroxylation is 1. The van der Waals surface area contributed by atoms with Crippen LogP contribution in [0, 0.1) is 0 Å². The van der Waals surface area contributed by atoms with Gasteiger partial charge in [-0.2, -0.15) is 0 Å². The molecule has 0 aliphatic carbocycles. The van der Waals surface area contributed by atoms with Gasteiger partial charge in [-0.1, -0.05) is 76.1 Å². The first-order valence-corrected chi connectivity index (χ1v) is 11.6. The summed E-state index contributed by atoms with van der Waals surface area (Å²) < 4.78 is 21.6. The van der Waals surface area contributed by atoms with Crippen molar-refractivity contribution in [2.45, 2.75) is 52.9 Å². The molecule has 0 aromatic heterocycles. The molecule has 0 atom stereocenters. The van der Waals surface area contributed by atoms with E-state index in [4.69, 9.17) is 18.9 Å². The predicted molar refractivity (Wildman–Crippen MR) is 133 cm³/mol. The van der Waals surface area contributed by atoms with Crippen molar-refractivity contribution in [2.75, 3.05) is 0 Å². The first-order valence-electron chi connectivity index (χ1n) is 11.6. The van der Waals surface area contributed by atoms with Crippen molar-refractivity contribution in [1.82, 2.24) is 0 Å². The number of allylic oxidation sites excluding steroid dienone is 2. The second-order valence-corrected chi connectivity index (χ2v) is 7.66. The molecule has 0 N–H and O–H groups in total. The highest BCUT2D eigenvalue weighted by Gasteiger charge is 2.22. The Morgan fingerprint density at radius 1 is 0.706 bits per heavy atom. The Labute approximate surface area is 199 Å². The molecule has 0 bridgehead atoms. The van der Waals surface area contributed by atoms with Crippen LogP contribution in [0.15, 0.2) is 67.1 Å². The Hall–Kier alpha value is -3.80. The van der Waals surface area contributed by atoms with Crippen LogP contribution >= 0.6 is 0 Å². The maximum Gasteiger partial charge on any atom is 0.518 e. The summed E-state index contributed by atoms with van der Waals surface area (Å²) in [6.45, 7) is 6.08. The summed E-state index contributed by atoms with van der Waals surface area (Å²) in [4.78, 5) is 24.9. The molecule has 34 heavy (non-hydrogen) atoms. The van der Waals surface area contributed by atoms with Gasteiger partial charge in [0.05, 0.1) is 12.5 Å². The molecule has 0 aliphatic heterocycles. The third-order valence-electron chi connectivity index (χ3n) is 5.22. The number of hydrogen-bond acceptors (Lipinski definition) is 6. The highest BCUT2D eigenvalue weighted by atomic mass is 16.7. The number of ether oxygens (including phenoxy) is 4. The molecule has 0 saturated heterocycles. The molecule has 0 aliphatic rings. The number of rotatable bonds is 9. The fourth-order valence-electron chi connectivity index (χ4n) is 3.62. The van der Waals surface area contributed by atoms with E-state index < -0.39 is 12.3 Å². The van der Waals surface area contributed by atoms with Crippen molar-refractivity contribution in [3.05, 3.63) is 72.7 Å². The third-order valence-corrected chi connectivity index (χ3v) is 5.22. The molecule has 0 spiro atoms. The average molecular weight is 463 g/mol. The second-order valence-electron chi connectivity index (χ2n) is 7.66. The lowest BCUT2D eigenvalue weighted by atomic mass is 9.96. The van der Waals surface area contributed by atoms with Crippen LogP contribution in [0.5, 0.6) is 11.5 Å². The molecule has 3 aromatic carbocycles. The SMILES string of the molecule is CCC/C=C/OC(=O)Oc1c2ccccc2c(OC(=O)O/C=C/CCC)c2c(CC)cccc12. The quantitative estimate of drug-likeness (QED) is 0.138. The number of carbonyl (C=O) groups is 2. The predicted octanol–water partition coefficient (Wildman–Crippen LogP) is 8.21. The van der Waals surface area contributed by atoms with Crippen LogP contribution in [-0.2, 0) is 15.9 Å². The fourth-order valence-corrected chi connectivity index (χ4v) is 3.62. The highest BCUT2D eigenvalue weighted by molar-refractivity contribution is 6.13. The third kappa shape index (κ3) is 5.95. The molecule has 0 unspecified atom stereocenters. The average Bonchev–Trinajstić information content (AvgIpc) is 2.86. The van der Waals surface area contributed by atoms with E-state index in [0.717, 1.165) is 31.2 Å². The minimum Gasteiger partial charge on any atom is -0.403 e. The Morgan fingerprint density at radius 3 is 1.79 bits per heavy atom. The molecule has 6 heteroatoms. The zero-order valence-electron chi connectivity index (χ0n) is 19.8. The molecule has 0 fully saturated rings. The normalized spacial score (nSPS) is 11.4. The number of benzene rings is 3. The lowest BCUT2D eigenvalue weighted by Gasteiger charge is -2.17. The van der Waals surface area contributed by atoms with Crippen molar-refractivity contribution in [3.8, 4) is 11.5 Å². The number of carbonyl (C=O) groups excluding carboxylic acids is 2. The van der Waals surface area contributed by atoms with Gasteiger partial charge in [-0.05, 0) is 37.0 Å². The van der Waals surface area contributed by atoms with Gasteiger partial charge in [0.1, 0.15) is 5.75 Å². The van der Waals surface area contributed by atoms with Crippen LogP contribution in [-0.4, -0.2) is 12.3 Å². The van der Waals surface area contributed by atoms with Gasteiger partial charge in [0.2, 0.25) is 0 Å². The topological polar surface area (TPSA) is 71.1 Å². The van der Waals surface area contributed by atoms with E-state index in [2.05, 4.69) is 0 Å². The van der Waals surface area contributed by atoms with E-state index in [0.29, 0.717) is 39.5 Å². The van der Waals surface area contributed by atoms with E-state index in [1.54, 1.807) is 12.2 Å². The molecule has 178 valence electrons. The lowest BCUT2D eigenvalue weighted by Crippen LogP contribution is -2.10. The van der Waals surface area contributed by atoms with Crippen molar-refractivity contribution in [3.63, 3.8) is 0 Å². The largest absolute Gasteiger partial charge is 0.518 e. The molecule has 0 saturated carbocycles. The number of fused-ring (bicyclic) bond motifs is 2.